The first-order valence-corrected chi connectivity index (χ1v) is 4.59. The van der Waals surface area contributed by atoms with E-state index >= 15 is 0 Å². The molecule has 0 spiro atoms. The van der Waals surface area contributed by atoms with Gasteiger partial charge in [0.15, 0.2) is 0 Å². The van der Waals surface area contributed by atoms with Crippen LogP contribution in [0, 0.1) is 5.92 Å². The first kappa shape index (κ1) is 9.52. The van der Waals surface area contributed by atoms with E-state index in [4.69, 9.17) is 5.11 Å². The number of amides is 1. The van der Waals surface area contributed by atoms with Crippen LogP contribution in [0.15, 0.2) is 0 Å². The molecule has 1 unspecified atom stereocenters. The highest BCUT2D eigenvalue weighted by Crippen LogP contribution is 2.29. The molecule has 2 atom stereocenters. The molecule has 12 heavy (non-hydrogen) atoms. The van der Waals surface area contributed by atoms with Crippen LogP contribution in [-0.4, -0.2) is 23.2 Å². The van der Waals surface area contributed by atoms with Gasteiger partial charge in [-0.2, -0.15) is 0 Å². The Hall–Kier alpha value is -0.570. The molecule has 3 heteroatoms. The molecule has 0 radical (unpaired) electrons. The molecule has 1 aliphatic rings. The van der Waals surface area contributed by atoms with Gasteiger partial charge in [0.05, 0.1) is 0 Å². The molecule has 1 aliphatic carbocycles. The van der Waals surface area contributed by atoms with E-state index < -0.39 is 6.10 Å². The van der Waals surface area contributed by atoms with Gasteiger partial charge in [0, 0.05) is 6.04 Å². The Kier molecular flexibility index (Phi) is 3.09. The van der Waals surface area contributed by atoms with Crippen molar-refractivity contribution in [2.24, 2.45) is 5.92 Å². The first-order chi connectivity index (χ1) is 5.61. The fraction of sp³-hybridized carbons (Fsp3) is 0.889. The van der Waals surface area contributed by atoms with Crippen LogP contribution >= 0.6 is 0 Å². The number of nitrogens with one attached hydrogen (secondary N) is 1. The van der Waals surface area contributed by atoms with Crippen LogP contribution in [0.5, 0.6) is 0 Å². The summed E-state index contributed by atoms with van der Waals surface area (Å²) in [5.74, 6) is 0.377. The van der Waals surface area contributed by atoms with Crippen LogP contribution in [-0.2, 0) is 4.79 Å². The number of carbonyl (C=O) groups is 1. The summed E-state index contributed by atoms with van der Waals surface area (Å²) in [4.78, 5) is 11.0. The summed E-state index contributed by atoms with van der Waals surface area (Å²) < 4.78 is 0. The predicted octanol–water partition coefficient (Wildman–Crippen LogP) is 0.672. The lowest BCUT2D eigenvalue weighted by Gasteiger charge is -2.32. The molecule has 2 N–H and O–H groups in total. The zero-order chi connectivity index (χ0) is 9.14. The highest BCUT2D eigenvalue weighted by Gasteiger charge is 2.25. The zero-order valence-electron chi connectivity index (χ0n) is 7.71. The van der Waals surface area contributed by atoms with Crippen molar-refractivity contribution in [2.45, 2.75) is 45.3 Å². The fourth-order valence-corrected chi connectivity index (χ4v) is 1.40. The van der Waals surface area contributed by atoms with Crippen molar-refractivity contribution in [3.8, 4) is 0 Å². The van der Waals surface area contributed by atoms with Gasteiger partial charge in [-0.1, -0.05) is 6.42 Å². The van der Waals surface area contributed by atoms with E-state index in [0.717, 1.165) is 0 Å². The number of carbonyl (C=O) groups excluding carboxylic acids is 1. The van der Waals surface area contributed by atoms with Gasteiger partial charge in [-0.3, -0.25) is 4.79 Å². The lowest BCUT2D eigenvalue weighted by atomic mass is 9.80. The van der Waals surface area contributed by atoms with Gasteiger partial charge in [0.1, 0.15) is 6.10 Å². The smallest absolute Gasteiger partial charge is 0.248 e. The first-order valence-electron chi connectivity index (χ1n) is 4.59. The van der Waals surface area contributed by atoms with E-state index in [0.29, 0.717) is 5.92 Å². The van der Waals surface area contributed by atoms with E-state index in [-0.39, 0.29) is 11.9 Å². The summed E-state index contributed by atoms with van der Waals surface area (Å²) >= 11 is 0. The van der Waals surface area contributed by atoms with Crippen LogP contribution < -0.4 is 5.32 Å². The normalized spacial score (nSPS) is 22.6. The molecule has 0 aromatic heterocycles. The third kappa shape index (κ3) is 2.21. The second-order valence-electron chi connectivity index (χ2n) is 3.66. The van der Waals surface area contributed by atoms with Crippen molar-refractivity contribution in [2.75, 3.05) is 0 Å². The number of aliphatic hydroxyl groups is 1. The van der Waals surface area contributed by atoms with Crippen LogP contribution in [0.25, 0.3) is 0 Å². The standard InChI is InChI=1S/C9H17NO2/c1-6(8-4-3-5-8)10-9(12)7(2)11/h6-8,11H,3-5H2,1-2H3,(H,10,12)/t6-,7?/m1/s1. The molecular weight excluding hydrogens is 154 g/mol. The summed E-state index contributed by atoms with van der Waals surface area (Å²) in [6.07, 6.45) is 2.81. The Bertz CT molecular complexity index is 164. The Morgan fingerprint density at radius 3 is 2.42 bits per heavy atom. The molecule has 0 aromatic carbocycles. The highest BCUT2D eigenvalue weighted by atomic mass is 16.3. The van der Waals surface area contributed by atoms with Crippen molar-refractivity contribution < 1.29 is 9.90 Å². The third-order valence-electron chi connectivity index (χ3n) is 2.61. The maximum Gasteiger partial charge on any atom is 0.248 e. The third-order valence-corrected chi connectivity index (χ3v) is 2.61. The maximum atomic E-state index is 11.0. The van der Waals surface area contributed by atoms with Crippen molar-refractivity contribution in [3.63, 3.8) is 0 Å². The predicted molar refractivity (Wildman–Crippen MR) is 46.6 cm³/mol. The molecule has 1 amide bonds. The topological polar surface area (TPSA) is 49.3 Å². The van der Waals surface area contributed by atoms with Crippen molar-refractivity contribution >= 4 is 5.91 Å². The van der Waals surface area contributed by atoms with Crippen LogP contribution in [0.3, 0.4) is 0 Å². The van der Waals surface area contributed by atoms with Crippen LogP contribution in [0.2, 0.25) is 0 Å². The minimum Gasteiger partial charge on any atom is -0.384 e. The quantitative estimate of drug-likeness (QED) is 0.655. The molecular formula is C9H17NO2. The molecule has 70 valence electrons. The average Bonchev–Trinajstić information content (AvgIpc) is 1.82. The molecule has 1 saturated carbocycles. The van der Waals surface area contributed by atoms with Gasteiger partial charge in [-0.15, -0.1) is 0 Å². The van der Waals surface area contributed by atoms with Gasteiger partial charge in [0.2, 0.25) is 5.91 Å². The number of hydrogen-bond donors (Lipinski definition) is 2. The number of hydrogen-bond acceptors (Lipinski definition) is 2. The molecule has 0 aromatic rings. The Labute approximate surface area is 73.2 Å². The highest BCUT2D eigenvalue weighted by molar-refractivity contribution is 5.80. The Morgan fingerprint density at radius 1 is 1.50 bits per heavy atom. The largest absolute Gasteiger partial charge is 0.384 e. The molecule has 0 heterocycles. The van der Waals surface area contributed by atoms with E-state index in [1.807, 2.05) is 6.92 Å². The van der Waals surface area contributed by atoms with Gasteiger partial charge >= 0.3 is 0 Å². The summed E-state index contributed by atoms with van der Waals surface area (Å²) in [6, 6.07) is 0.223. The van der Waals surface area contributed by atoms with Gasteiger partial charge in [0.25, 0.3) is 0 Å². The maximum absolute atomic E-state index is 11.0. The second kappa shape index (κ2) is 3.90. The van der Waals surface area contributed by atoms with Gasteiger partial charge in [-0.25, -0.2) is 0 Å². The summed E-state index contributed by atoms with van der Waals surface area (Å²) in [6.45, 7) is 3.49. The van der Waals surface area contributed by atoms with Gasteiger partial charge < -0.3 is 10.4 Å². The van der Waals surface area contributed by atoms with Crippen LogP contribution in [0.4, 0.5) is 0 Å². The Balaban J connectivity index is 2.24. The summed E-state index contributed by atoms with van der Waals surface area (Å²) in [5.41, 5.74) is 0. The molecule has 1 rings (SSSR count). The second-order valence-corrected chi connectivity index (χ2v) is 3.66. The summed E-state index contributed by atoms with van der Waals surface area (Å²) in [7, 11) is 0. The Morgan fingerprint density at radius 2 is 2.08 bits per heavy atom. The van der Waals surface area contributed by atoms with Crippen molar-refractivity contribution in [1.29, 1.82) is 0 Å². The number of aliphatic hydroxyl groups excluding tert-OH is 1. The van der Waals surface area contributed by atoms with E-state index in [9.17, 15) is 4.79 Å². The SMILES string of the molecule is CC(O)C(=O)N[C@H](C)C1CCC1. The minimum absolute atomic E-state index is 0.223. The minimum atomic E-state index is -0.882. The lowest BCUT2D eigenvalue weighted by molar-refractivity contribution is -0.129. The molecule has 0 bridgehead atoms. The molecule has 0 aliphatic heterocycles. The molecule has 3 nitrogen and oxygen atoms in total. The van der Waals surface area contributed by atoms with E-state index in [1.54, 1.807) is 0 Å². The van der Waals surface area contributed by atoms with Crippen LogP contribution in [0.1, 0.15) is 33.1 Å². The monoisotopic (exact) mass is 171 g/mol. The van der Waals surface area contributed by atoms with E-state index in [2.05, 4.69) is 5.32 Å². The van der Waals surface area contributed by atoms with E-state index in [1.165, 1.54) is 26.2 Å². The fourth-order valence-electron chi connectivity index (χ4n) is 1.40. The molecule has 0 saturated heterocycles. The van der Waals surface area contributed by atoms with Crippen molar-refractivity contribution in [3.05, 3.63) is 0 Å². The number of rotatable bonds is 3. The lowest BCUT2D eigenvalue weighted by Crippen LogP contribution is -2.44. The van der Waals surface area contributed by atoms with Crippen molar-refractivity contribution in [1.82, 2.24) is 5.32 Å². The average molecular weight is 171 g/mol. The van der Waals surface area contributed by atoms with Gasteiger partial charge in [-0.05, 0) is 32.6 Å². The zero-order valence-corrected chi connectivity index (χ0v) is 7.71. The molecule has 1 fully saturated rings. The summed E-state index contributed by atoms with van der Waals surface area (Å²) in [5, 5.41) is 11.7.